The zero-order valence-electron chi connectivity index (χ0n) is 14.2. The van der Waals surface area contributed by atoms with E-state index in [0.717, 1.165) is 37.5 Å². The summed E-state index contributed by atoms with van der Waals surface area (Å²) in [6, 6.07) is -0.346. The summed E-state index contributed by atoms with van der Waals surface area (Å²) in [4.78, 5) is 25.5. The average molecular weight is 309 g/mol. The second kappa shape index (κ2) is 8.54. The Balaban J connectivity index is 1.67. The molecule has 0 spiro atoms. The molecule has 1 saturated carbocycles. The summed E-state index contributed by atoms with van der Waals surface area (Å²) in [7, 11) is 0. The second-order valence-electron chi connectivity index (χ2n) is 7.17. The Morgan fingerprint density at radius 1 is 1.14 bits per heavy atom. The predicted octanol–water partition coefficient (Wildman–Crippen LogP) is 3.54. The van der Waals surface area contributed by atoms with Crippen LogP contribution in [0.5, 0.6) is 0 Å². The molecular weight excluding hydrogens is 278 g/mol. The number of carbonyl (C=O) groups is 2. The smallest absolute Gasteiger partial charge is 0.328 e. The van der Waals surface area contributed by atoms with Crippen LogP contribution in [0, 0.1) is 11.8 Å². The van der Waals surface area contributed by atoms with Gasteiger partial charge in [-0.05, 0) is 50.4 Å². The first-order valence-corrected chi connectivity index (χ1v) is 9.01. The van der Waals surface area contributed by atoms with Gasteiger partial charge < -0.3 is 9.64 Å². The van der Waals surface area contributed by atoms with E-state index in [4.69, 9.17) is 4.74 Å². The van der Waals surface area contributed by atoms with Crippen LogP contribution in [0.2, 0.25) is 0 Å². The van der Waals surface area contributed by atoms with E-state index in [0.29, 0.717) is 13.2 Å². The maximum atomic E-state index is 12.2. The van der Waals surface area contributed by atoms with Gasteiger partial charge in [-0.1, -0.05) is 26.2 Å². The van der Waals surface area contributed by atoms with Crippen LogP contribution in [0.4, 0.5) is 0 Å². The van der Waals surface area contributed by atoms with Crippen LogP contribution in [-0.2, 0) is 14.3 Å². The lowest BCUT2D eigenvalue weighted by atomic mass is 9.80. The van der Waals surface area contributed by atoms with E-state index in [-0.39, 0.29) is 17.9 Å². The van der Waals surface area contributed by atoms with E-state index in [2.05, 4.69) is 6.92 Å². The van der Waals surface area contributed by atoms with Crippen LogP contribution >= 0.6 is 0 Å². The van der Waals surface area contributed by atoms with Crippen molar-refractivity contribution in [3.63, 3.8) is 0 Å². The first-order chi connectivity index (χ1) is 10.6. The van der Waals surface area contributed by atoms with Crippen LogP contribution < -0.4 is 0 Å². The summed E-state index contributed by atoms with van der Waals surface area (Å²) in [5.74, 6) is 1.45. The summed E-state index contributed by atoms with van der Waals surface area (Å²) in [6.07, 6.45) is 10.2. The largest absolute Gasteiger partial charge is 0.464 e. The Hall–Kier alpha value is -1.06. The van der Waals surface area contributed by atoms with E-state index < -0.39 is 0 Å². The zero-order chi connectivity index (χ0) is 15.9. The molecule has 2 aliphatic rings. The van der Waals surface area contributed by atoms with Gasteiger partial charge in [0.2, 0.25) is 5.91 Å². The molecule has 0 N–H and O–H groups in total. The Morgan fingerprint density at radius 3 is 2.68 bits per heavy atom. The molecule has 1 saturated heterocycles. The molecular formula is C18H31NO3. The average Bonchev–Trinajstić information content (AvgIpc) is 2.51. The molecule has 2 fully saturated rings. The lowest BCUT2D eigenvalue weighted by Crippen LogP contribution is -2.47. The number of piperidine rings is 1. The summed E-state index contributed by atoms with van der Waals surface area (Å²) in [5.41, 5.74) is 0. The molecule has 1 aliphatic carbocycles. The zero-order valence-corrected chi connectivity index (χ0v) is 14.2. The molecule has 3 atom stereocenters. The van der Waals surface area contributed by atoms with Gasteiger partial charge in [0.1, 0.15) is 6.04 Å². The lowest BCUT2D eigenvalue weighted by molar-refractivity contribution is -0.156. The first kappa shape index (κ1) is 17.3. The van der Waals surface area contributed by atoms with Crippen molar-refractivity contribution < 1.29 is 14.3 Å². The van der Waals surface area contributed by atoms with Crippen LogP contribution in [0.25, 0.3) is 0 Å². The minimum atomic E-state index is -0.346. The standard InChI is InChI=1S/C18H31NO3/c1-14-7-5-8-16(13-14)9-6-12-22-18(21)17-10-3-4-11-19(17)15(2)20/h14,16-17H,3-13H2,1-2H3/t14-,16-,17-/m0/s1. The van der Waals surface area contributed by atoms with E-state index >= 15 is 0 Å². The van der Waals surface area contributed by atoms with Gasteiger partial charge in [-0.15, -0.1) is 0 Å². The Morgan fingerprint density at radius 2 is 1.95 bits per heavy atom. The Kier molecular flexibility index (Phi) is 6.71. The van der Waals surface area contributed by atoms with Crippen molar-refractivity contribution >= 4 is 11.9 Å². The summed E-state index contributed by atoms with van der Waals surface area (Å²) >= 11 is 0. The summed E-state index contributed by atoms with van der Waals surface area (Å²) in [6.45, 7) is 5.07. The molecule has 0 aromatic heterocycles. The number of likely N-dealkylation sites (tertiary alicyclic amines) is 1. The molecule has 0 unspecified atom stereocenters. The number of ether oxygens (including phenoxy) is 1. The van der Waals surface area contributed by atoms with Crippen LogP contribution in [0.15, 0.2) is 0 Å². The SMILES string of the molecule is CC(=O)N1CCCC[C@H]1C(=O)OCCC[C@@H]1CCC[C@H](C)C1. The van der Waals surface area contributed by atoms with Crippen LogP contribution in [0.3, 0.4) is 0 Å². The third-order valence-electron chi connectivity index (χ3n) is 5.23. The molecule has 1 amide bonds. The van der Waals surface area contributed by atoms with Gasteiger partial charge in [-0.2, -0.15) is 0 Å². The van der Waals surface area contributed by atoms with Gasteiger partial charge in [-0.25, -0.2) is 4.79 Å². The number of hydrogen-bond acceptors (Lipinski definition) is 3. The van der Waals surface area contributed by atoms with Crippen molar-refractivity contribution in [3.05, 3.63) is 0 Å². The minimum Gasteiger partial charge on any atom is -0.464 e. The molecule has 0 radical (unpaired) electrons. The third-order valence-corrected chi connectivity index (χ3v) is 5.23. The molecule has 4 nitrogen and oxygen atoms in total. The molecule has 0 aromatic carbocycles. The quantitative estimate of drug-likeness (QED) is 0.576. The molecule has 0 bridgehead atoms. The highest BCUT2D eigenvalue weighted by atomic mass is 16.5. The number of hydrogen-bond donors (Lipinski definition) is 0. The van der Waals surface area contributed by atoms with Crippen molar-refractivity contribution in [1.82, 2.24) is 4.90 Å². The number of amides is 1. The fourth-order valence-electron chi connectivity index (χ4n) is 4.02. The van der Waals surface area contributed by atoms with E-state index in [1.807, 2.05) is 0 Å². The summed E-state index contributed by atoms with van der Waals surface area (Å²) in [5, 5.41) is 0. The van der Waals surface area contributed by atoms with Crippen LogP contribution in [0.1, 0.15) is 71.6 Å². The van der Waals surface area contributed by atoms with E-state index in [1.165, 1.54) is 39.0 Å². The number of esters is 1. The predicted molar refractivity (Wildman–Crippen MR) is 86.3 cm³/mol. The molecule has 22 heavy (non-hydrogen) atoms. The van der Waals surface area contributed by atoms with Gasteiger partial charge in [0.15, 0.2) is 0 Å². The second-order valence-corrected chi connectivity index (χ2v) is 7.17. The fourth-order valence-corrected chi connectivity index (χ4v) is 4.02. The van der Waals surface area contributed by atoms with Crippen molar-refractivity contribution in [3.8, 4) is 0 Å². The molecule has 2 rings (SSSR count). The summed E-state index contributed by atoms with van der Waals surface area (Å²) < 4.78 is 5.45. The van der Waals surface area contributed by atoms with Gasteiger partial charge in [0, 0.05) is 13.5 Å². The highest BCUT2D eigenvalue weighted by Crippen LogP contribution is 2.31. The van der Waals surface area contributed by atoms with Crippen molar-refractivity contribution in [2.24, 2.45) is 11.8 Å². The Bertz CT molecular complexity index is 383. The van der Waals surface area contributed by atoms with E-state index in [1.54, 1.807) is 4.90 Å². The molecule has 0 aromatic rings. The van der Waals surface area contributed by atoms with Crippen molar-refractivity contribution in [2.45, 2.75) is 77.7 Å². The third kappa shape index (κ3) is 4.99. The number of rotatable bonds is 5. The highest BCUT2D eigenvalue weighted by Gasteiger charge is 2.31. The lowest BCUT2D eigenvalue weighted by Gasteiger charge is -2.33. The highest BCUT2D eigenvalue weighted by molar-refractivity contribution is 5.83. The monoisotopic (exact) mass is 309 g/mol. The first-order valence-electron chi connectivity index (χ1n) is 9.01. The van der Waals surface area contributed by atoms with Gasteiger partial charge in [0.25, 0.3) is 0 Å². The van der Waals surface area contributed by atoms with Gasteiger partial charge in [-0.3, -0.25) is 4.79 Å². The number of carbonyl (C=O) groups excluding carboxylic acids is 2. The maximum absolute atomic E-state index is 12.2. The van der Waals surface area contributed by atoms with Gasteiger partial charge >= 0.3 is 5.97 Å². The van der Waals surface area contributed by atoms with Crippen LogP contribution in [-0.4, -0.2) is 36.0 Å². The van der Waals surface area contributed by atoms with Crippen molar-refractivity contribution in [2.75, 3.05) is 13.2 Å². The van der Waals surface area contributed by atoms with Gasteiger partial charge in [0.05, 0.1) is 6.61 Å². The normalized spacial score (nSPS) is 29.2. The Labute approximate surface area is 134 Å². The molecule has 1 aliphatic heterocycles. The molecule has 126 valence electrons. The number of nitrogens with zero attached hydrogens (tertiary/aromatic N) is 1. The maximum Gasteiger partial charge on any atom is 0.328 e. The molecule has 4 heteroatoms. The van der Waals surface area contributed by atoms with Crippen molar-refractivity contribution in [1.29, 1.82) is 0 Å². The van der Waals surface area contributed by atoms with E-state index in [9.17, 15) is 9.59 Å². The molecule has 1 heterocycles. The fraction of sp³-hybridized carbons (Fsp3) is 0.889. The topological polar surface area (TPSA) is 46.6 Å². The minimum absolute atomic E-state index is 0.0159.